The van der Waals surface area contributed by atoms with Gasteiger partial charge in [-0.2, -0.15) is 5.10 Å². The summed E-state index contributed by atoms with van der Waals surface area (Å²) in [5, 5.41) is 7.17. The highest BCUT2D eigenvalue weighted by atomic mass is 16.2. The van der Waals surface area contributed by atoms with E-state index in [0.29, 0.717) is 6.54 Å². The average molecular weight is 208 g/mol. The van der Waals surface area contributed by atoms with Crippen LogP contribution in [0, 0.1) is 6.92 Å². The summed E-state index contributed by atoms with van der Waals surface area (Å²) in [7, 11) is 3.56. The van der Waals surface area contributed by atoms with Crippen LogP contribution in [0.5, 0.6) is 0 Å². The predicted molar refractivity (Wildman–Crippen MR) is 56.5 cm³/mol. The van der Waals surface area contributed by atoms with Crippen LogP contribution in [0.15, 0.2) is 0 Å². The van der Waals surface area contributed by atoms with Gasteiger partial charge in [0, 0.05) is 38.3 Å². The lowest BCUT2D eigenvalue weighted by Crippen LogP contribution is -2.42. The second-order valence-corrected chi connectivity index (χ2v) is 4.11. The third-order valence-electron chi connectivity index (χ3n) is 2.79. The fourth-order valence-corrected chi connectivity index (χ4v) is 1.88. The summed E-state index contributed by atoms with van der Waals surface area (Å²) >= 11 is 0. The highest BCUT2D eigenvalue weighted by Crippen LogP contribution is 2.20. The van der Waals surface area contributed by atoms with Crippen LogP contribution in [0.4, 0.5) is 4.79 Å². The lowest BCUT2D eigenvalue weighted by molar-refractivity contribution is 0.165. The van der Waals surface area contributed by atoms with E-state index in [0.717, 1.165) is 18.7 Å². The summed E-state index contributed by atoms with van der Waals surface area (Å²) in [5.41, 5.74) is 3.35. The number of carbonyl (C=O) groups is 1. The zero-order chi connectivity index (χ0) is 11.0. The van der Waals surface area contributed by atoms with Gasteiger partial charge >= 0.3 is 6.03 Å². The van der Waals surface area contributed by atoms with Gasteiger partial charge in [0.25, 0.3) is 0 Å². The fraction of sp³-hybridized carbons (Fsp3) is 0.600. The van der Waals surface area contributed by atoms with E-state index in [1.807, 2.05) is 11.8 Å². The molecule has 0 unspecified atom stereocenters. The second kappa shape index (κ2) is 3.56. The van der Waals surface area contributed by atoms with Crippen LogP contribution in [-0.2, 0) is 13.0 Å². The van der Waals surface area contributed by atoms with E-state index < -0.39 is 0 Å². The van der Waals surface area contributed by atoms with E-state index in [-0.39, 0.29) is 6.03 Å². The summed E-state index contributed by atoms with van der Waals surface area (Å²) in [5.74, 6) is 0. The van der Waals surface area contributed by atoms with Crippen molar-refractivity contribution in [2.45, 2.75) is 19.9 Å². The van der Waals surface area contributed by atoms with Gasteiger partial charge in [0.2, 0.25) is 0 Å². The molecule has 0 aromatic carbocycles. The van der Waals surface area contributed by atoms with Crippen LogP contribution in [0.2, 0.25) is 0 Å². The summed E-state index contributed by atoms with van der Waals surface area (Å²) < 4.78 is 0. The Morgan fingerprint density at radius 1 is 1.53 bits per heavy atom. The summed E-state index contributed by atoms with van der Waals surface area (Å²) in [6.07, 6.45) is 0.871. The van der Waals surface area contributed by atoms with Gasteiger partial charge in [-0.25, -0.2) is 4.79 Å². The molecule has 5 nitrogen and oxygen atoms in total. The molecule has 82 valence electrons. The van der Waals surface area contributed by atoms with Crippen molar-refractivity contribution < 1.29 is 4.79 Å². The fourth-order valence-electron chi connectivity index (χ4n) is 1.88. The monoisotopic (exact) mass is 208 g/mol. The number of aryl methyl sites for hydroxylation is 1. The lowest BCUT2D eigenvalue weighted by Gasteiger charge is -2.29. The summed E-state index contributed by atoms with van der Waals surface area (Å²) in [6.45, 7) is 3.42. The van der Waals surface area contributed by atoms with Crippen LogP contribution >= 0.6 is 0 Å². The van der Waals surface area contributed by atoms with Crippen molar-refractivity contribution in [3.8, 4) is 0 Å². The van der Waals surface area contributed by atoms with Crippen molar-refractivity contribution in [2.24, 2.45) is 0 Å². The van der Waals surface area contributed by atoms with Gasteiger partial charge < -0.3 is 9.80 Å². The van der Waals surface area contributed by atoms with Gasteiger partial charge in [-0.15, -0.1) is 0 Å². The Bertz CT molecular complexity index is 383. The van der Waals surface area contributed by atoms with Gasteiger partial charge in [-0.1, -0.05) is 0 Å². The van der Waals surface area contributed by atoms with E-state index in [1.165, 1.54) is 11.3 Å². The number of rotatable bonds is 0. The van der Waals surface area contributed by atoms with E-state index in [9.17, 15) is 4.79 Å². The van der Waals surface area contributed by atoms with Crippen molar-refractivity contribution in [1.82, 2.24) is 20.0 Å². The van der Waals surface area contributed by atoms with Crippen LogP contribution in [0.25, 0.3) is 0 Å². The largest absolute Gasteiger partial charge is 0.331 e. The Hall–Kier alpha value is -1.52. The molecule has 15 heavy (non-hydrogen) atoms. The number of nitrogens with zero attached hydrogens (tertiary/aromatic N) is 3. The number of H-pyrrole nitrogens is 1. The number of urea groups is 1. The highest BCUT2D eigenvalue weighted by Gasteiger charge is 2.24. The standard InChI is InChI=1S/C10H16N4O/c1-7-8-6-14(10(15)13(2)3)5-4-9(8)12-11-7/h4-6H2,1-3H3,(H,11,12). The lowest BCUT2D eigenvalue weighted by atomic mass is 10.1. The number of aromatic amines is 1. The summed E-state index contributed by atoms with van der Waals surface area (Å²) in [6, 6.07) is 0.0706. The minimum atomic E-state index is 0.0706. The smallest absolute Gasteiger partial charge is 0.319 e. The molecule has 0 atom stereocenters. The molecule has 1 aliphatic rings. The first-order chi connectivity index (χ1) is 7.09. The number of aromatic nitrogens is 2. The second-order valence-electron chi connectivity index (χ2n) is 4.11. The molecule has 2 heterocycles. The maximum Gasteiger partial charge on any atom is 0.319 e. The van der Waals surface area contributed by atoms with Crippen molar-refractivity contribution in [1.29, 1.82) is 0 Å². The van der Waals surface area contributed by atoms with Crippen molar-refractivity contribution >= 4 is 6.03 Å². The molecule has 0 radical (unpaired) electrons. The van der Waals surface area contributed by atoms with Crippen LogP contribution < -0.4 is 0 Å². The topological polar surface area (TPSA) is 52.2 Å². The molecule has 1 aliphatic heterocycles. The Balaban J connectivity index is 2.18. The van der Waals surface area contributed by atoms with Gasteiger partial charge in [-0.05, 0) is 6.92 Å². The predicted octanol–water partition coefficient (Wildman–Crippen LogP) is 0.758. The molecule has 0 spiro atoms. The first-order valence-corrected chi connectivity index (χ1v) is 5.08. The molecule has 2 rings (SSSR count). The van der Waals surface area contributed by atoms with E-state index in [2.05, 4.69) is 10.2 Å². The quantitative estimate of drug-likeness (QED) is 0.684. The van der Waals surface area contributed by atoms with Crippen LogP contribution in [-0.4, -0.2) is 46.7 Å². The average Bonchev–Trinajstić information content (AvgIpc) is 2.59. The Kier molecular flexibility index (Phi) is 2.38. The first-order valence-electron chi connectivity index (χ1n) is 5.08. The molecule has 0 bridgehead atoms. The van der Waals surface area contributed by atoms with E-state index >= 15 is 0 Å². The normalized spacial score (nSPS) is 15.0. The SMILES string of the molecule is Cc1n[nH]c2c1CN(C(=O)N(C)C)CC2. The van der Waals surface area contributed by atoms with Gasteiger partial charge in [0.05, 0.1) is 12.2 Å². The minimum Gasteiger partial charge on any atom is -0.331 e. The van der Waals surface area contributed by atoms with E-state index in [4.69, 9.17) is 0 Å². The zero-order valence-electron chi connectivity index (χ0n) is 9.37. The van der Waals surface area contributed by atoms with Crippen LogP contribution in [0.3, 0.4) is 0 Å². The number of carbonyl (C=O) groups excluding carboxylic acids is 1. The molecule has 1 N–H and O–H groups in total. The summed E-state index contributed by atoms with van der Waals surface area (Å²) in [4.78, 5) is 15.2. The molecular weight excluding hydrogens is 192 g/mol. The van der Waals surface area contributed by atoms with Crippen molar-refractivity contribution in [3.63, 3.8) is 0 Å². The molecule has 0 fully saturated rings. The van der Waals surface area contributed by atoms with Gasteiger partial charge in [0.1, 0.15) is 0 Å². The number of amides is 2. The third kappa shape index (κ3) is 1.69. The molecule has 1 aromatic rings. The number of fused-ring (bicyclic) bond motifs is 1. The molecular formula is C10H16N4O. The maximum atomic E-state index is 11.8. The first kappa shape index (κ1) is 10.0. The number of hydrogen-bond donors (Lipinski definition) is 1. The molecule has 0 saturated heterocycles. The van der Waals surface area contributed by atoms with Gasteiger partial charge in [-0.3, -0.25) is 5.10 Å². The van der Waals surface area contributed by atoms with Crippen LogP contribution in [0.1, 0.15) is 17.0 Å². The van der Waals surface area contributed by atoms with Crippen molar-refractivity contribution in [3.05, 3.63) is 17.0 Å². The van der Waals surface area contributed by atoms with Crippen molar-refractivity contribution in [2.75, 3.05) is 20.6 Å². The third-order valence-corrected chi connectivity index (χ3v) is 2.79. The zero-order valence-corrected chi connectivity index (χ0v) is 9.37. The molecule has 0 aliphatic carbocycles. The maximum absolute atomic E-state index is 11.8. The number of nitrogens with one attached hydrogen (secondary N) is 1. The molecule has 0 saturated carbocycles. The molecule has 1 aromatic heterocycles. The Labute approximate surface area is 89.1 Å². The molecule has 2 amide bonds. The number of hydrogen-bond acceptors (Lipinski definition) is 2. The minimum absolute atomic E-state index is 0.0706. The Morgan fingerprint density at radius 3 is 2.93 bits per heavy atom. The van der Waals surface area contributed by atoms with Gasteiger partial charge in [0.15, 0.2) is 0 Å². The molecule has 5 heteroatoms. The Morgan fingerprint density at radius 2 is 2.27 bits per heavy atom. The van der Waals surface area contributed by atoms with E-state index in [1.54, 1.807) is 19.0 Å². The highest BCUT2D eigenvalue weighted by molar-refractivity contribution is 5.74.